The third kappa shape index (κ3) is 6.04. The van der Waals surface area contributed by atoms with Gasteiger partial charge in [-0.1, -0.05) is 19.4 Å². The number of unbranched alkanes of at least 4 members (excludes halogenated alkanes) is 1. The lowest BCUT2D eigenvalue weighted by Gasteiger charge is -2.29. The highest BCUT2D eigenvalue weighted by atomic mass is 16.5. The SMILES string of the molecule is CCCCOc1ccc(CNC2CCN(C)CC2)cc1OCC. The van der Waals surface area contributed by atoms with Crippen LogP contribution in [-0.4, -0.2) is 44.3 Å². The van der Waals surface area contributed by atoms with Gasteiger partial charge in [-0.25, -0.2) is 0 Å². The van der Waals surface area contributed by atoms with Gasteiger partial charge in [-0.3, -0.25) is 0 Å². The van der Waals surface area contributed by atoms with Crippen molar-refractivity contribution in [2.45, 2.75) is 52.1 Å². The zero-order valence-electron chi connectivity index (χ0n) is 14.9. The zero-order chi connectivity index (χ0) is 16.5. The molecule has 1 heterocycles. The summed E-state index contributed by atoms with van der Waals surface area (Å²) in [5, 5.41) is 3.68. The van der Waals surface area contributed by atoms with Crippen LogP contribution in [0.3, 0.4) is 0 Å². The standard InChI is InChI=1S/C19H32N2O2/c1-4-6-13-23-18-8-7-16(14-19(18)22-5-2)15-20-17-9-11-21(3)12-10-17/h7-8,14,17,20H,4-6,9-13,15H2,1-3H3. The van der Waals surface area contributed by atoms with Crippen molar-refractivity contribution in [2.75, 3.05) is 33.4 Å². The maximum absolute atomic E-state index is 5.84. The summed E-state index contributed by atoms with van der Waals surface area (Å²) < 4.78 is 11.6. The lowest BCUT2D eigenvalue weighted by atomic mass is 10.1. The van der Waals surface area contributed by atoms with Crippen LogP contribution < -0.4 is 14.8 Å². The Hall–Kier alpha value is -1.26. The van der Waals surface area contributed by atoms with Crippen LogP contribution in [0, 0.1) is 0 Å². The Morgan fingerprint density at radius 1 is 1.13 bits per heavy atom. The van der Waals surface area contributed by atoms with Crippen LogP contribution in [0.5, 0.6) is 11.5 Å². The lowest BCUT2D eigenvalue weighted by molar-refractivity contribution is 0.234. The van der Waals surface area contributed by atoms with Gasteiger partial charge in [0, 0.05) is 12.6 Å². The first-order valence-electron chi connectivity index (χ1n) is 9.03. The minimum atomic E-state index is 0.627. The summed E-state index contributed by atoms with van der Waals surface area (Å²) in [5.74, 6) is 1.73. The van der Waals surface area contributed by atoms with Crippen molar-refractivity contribution in [1.29, 1.82) is 0 Å². The van der Waals surface area contributed by atoms with Gasteiger partial charge in [-0.2, -0.15) is 0 Å². The van der Waals surface area contributed by atoms with E-state index in [9.17, 15) is 0 Å². The number of benzene rings is 1. The Labute approximate surface area is 141 Å². The van der Waals surface area contributed by atoms with Crippen LogP contribution >= 0.6 is 0 Å². The molecule has 1 fully saturated rings. The fraction of sp³-hybridized carbons (Fsp3) is 0.684. The minimum absolute atomic E-state index is 0.627. The van der Waals surface area contributed by atoms with Crippen molar-refractivity contribution in [1.82, 2.24) is 10.2 Å². The number of ether oxygens (including phenoxy) is 2. The molecule has 0 atom stereocenters. The number of rotatable bonds is 9. The molecular formula is C19H32N2O2. The van der Waals surface area contributed by atoms with E-state index >= 15 is 0 Å². The number of likely N-dealkylation sites (tertiary alicyclic amines) is 1. The third-order valence-electron chi connectivity index (χ3n) is 4.38. The smallest absolute Gasteiger partial charge is 0.161 e. The Morgan fingerprint density at radius 2 is 1.91 bits per heavy atom. The first-order chi connectivity index (χ1) is 11.2. The van der Waals surface area contributed by atoms with E-state index in [-0.39, 0.29) is 0 Å². The molecule has 1 aliphatic heterocycles. The molecular weight excluding hydrogens is 288 g/mol. The largest absolute Gasteiger partial charge is 0.490 e. The van der Waals surface area contributed by atoms with Gasteiger partial charge in [0.05, 0.1) is 13.2 Å². The molecule has 0 aliphatic carbocycles. The van der Waals surface area contributed by atoms with Crippen LogP contribution in [-0.2, 0) is 6.54 Å². The highest BCUT2D eigenvalue weighted by Gasteiger charge is 2.16. The van der Waals surface area contributed by atoms with E-state index in [4.69, 9.17) is 9.47 Å². The molecule has 23 heavy (non-hydrogen) atoms. The fourth-order valence-electron chi connectivity index (χ4n) is 2.85. The molecule has 130 valence electrons. The van der Waals surface area contributed by atoms with Gasteiger partial charge in [0.15, 0.2) is 11.5 Å². The lowest BCUT2D eigenvalue weighted by Crippen LogP contribution is -2.40. The quantitative estimate of drug-likeness (QED) is 0.707. The van der Waals surface area contributed by atoms with Gasteiger partial charge in [0.25, 0.3) is 0 Å². The summed E-state index contributed by atoms with van der Waals surface area (Å²) in [5.41, 5.74) is 1.26. The summed E-state index contributed by atoms with van der Waals surface area (Å²) in [6, 6.07) is 6.94. The van der Waals surface area contributed by atoms with Crippen molar-refractivity contribution >= 4 is 0 Å². The molecule has 4 heteroatoms. The van der Waals surface area contributed by atoms with Gasteiger partial charge in [0.1, 0.15) is 0 Å². The van der Waals surface area contributed by atoms with E-state index in [0.29, 0.717) is 12.6 Å². The maximum atomic E-state index is 5.84. The van der Waals surface area contributed by atoms with E-state index in [0.717, 1.165) is 37.5 Å². The Bertz CT molecular complexity index is 457. The molecule has 0 aromatic heterocycles. The van der Waals surface area contributed by atoms with Gasteiger partial charge >= 0.3 is 0 Å². The average molecular weight is 320 g/mol. The predicted octanol–water partition coefficient (Wildman–Crippen LogP) is 3.45. The van der Waals surface area contributed by atoms with E-state index < -0.39 is 0 Å². The monoisotopic (exact) mass is 320 g/mol. The van der Waals surface area contributed by atoms with Crippen LogP contribution in [0.1, 0.15) is 45.1 Å². The van der Waals surface area contributed by atoms with E-state index in [2.05, 4.69) is 36.3 Å². The van der Waals surface area contributed by atoms with Crippen LogP contribution in [0.4, 0.5) is 0 Å². The molecule has 2 rings (SSSR count). The molecule has 4 nitrogen and oxygen atoms in total. The second-order valence-electron chi connectivity index (χ2n) is 6.37. The molecule has 0 amide bonds. The number of hydrogen-bond acceptors (Lipinski definition) is 4. The highest BCUT2D eigenvalue weighted by molar-refractivity contribution is 5.43. The van der Waals surface area contributed by atoms with Crippen molar-refractivity contribution in [3.8, 4) is 11.5 Å². The third-order valence-corrected chi connectivity index (χ3v) is 4.38. The molecule has 1 aliphatic rings. The normalized spacial score (nSPS) is 16.5. The molecule has 1 aromatic rings. The predicted molar refractivity (Wildman–Crippen MR) is 95.4 cm³/mol. The zero-order valence-corrected chi connectivity index (χ0v) is 14.9. The highest BCUT2D eigenvalue weighted by Crippen LogP contribution is 2.29. The first-order valence-corrected chi connectivity index (χ1v) is 9.03. The van der Waals surface area contributed by atoms with E-state index in [1.54, 1.807) is 0 Å². The number of piperidine rings is 1. The van der Waals surface area contributed by atoms with Crippen molar-refractivity contribution in [2.24, 2.45) is 0 Å². The number of nitrogens with one attached hydrogen (secondary N) is 1. The Morgan fingerprint density at radius 3 is 2.61 bits per heavy atom. The summed E-state index contributed by atoms with van der Waals surface area (Å²) in [6.07, 6.45) is 4.67. The summed E-state index contributed by atoms with van der Waals surface area (Å²) >= 11 is 0. The fourth-order valence-corrected chi connectivity index (χ4v) is 2.85. The molecule has 1 N–H and O–H groups in total. The first kappa shape index (κ1) is 18.1. The van der Waals surface area contributed by atoms with Crippen molar-refractivity contribution < 1.29 is 9.47 Å². The molecule has 0 radical (unpaired) electrons. The van der Waals surface area contributed by atoms with E-state index in [1.807, 2.05) is 13.0 Å². The van der Waals surface area contributed by atoms with Gasteiger partial charge in [0.2, 0.25) is 0 Å². The summed E-state index contributed by atoms with van der Waals surface area (Å²) in [7, 11) is 2.20. The molecule has 1 aromatic carbocycles. The Kier molecular flexibility index (Phi) is 7.69. The number of nitrogens with zero attached hydrogens (tertiary/aromatic N) is 1. The molecule has 0 spiro atoms. The van der Waals surface area contributed by atoms with Gasteiger partial charge < -0.3 is 19.7 Å². The second-order valence-corrected chi connectivity index (χ2v) is 6.37. The second kappa shape index (κ2) is 9.78. The number of hydrogen-bond donors (Lipinski definition) is 1. The maximum Gasteiger partial charge on any atom is 0.161 e. The molecule has 0 bridgehead atoms. The van der Waals surface area contributed by atoms with Crippen LogP contribution in [0.25, 0.3) is 0 Å². The Balaban J connectivity index is 1.89. The molecule has 0 unspecified atom stereocenters. The van der Waals surface area contributed by atoms with Crippen molar-refractivity contribution in [3.63, 3.8) is 0 Å². The molecule has 1 saturated heterocycles. The minimum Gasteiger partial charge on any atom is -0.490 e. The molecule has 0 saturated carbocycles. The van der Waals surface area contributed by atoms with Crippen LogP contribution in [0.2, 0.25) is 0 Å². The summed E-state index contributed by atoms with van der Waals surface area (Å²) in [6.45, 7) is 8.87. The average Bonchev–Trinajstić information content (AvgIpc) is 2.56. The van der Waals surface area contributed by atoms with Crippen molar-refractivity contribution in [3.05, 3.63) is 23.8 Å². The van der Waals surface area contributed by atoms with E-state index in [1.165, 1.54) is 31.5 Å². The summed E-state index contributed by atoms with van der Waals surface area (Å²) in [4.78, 5) is 2.40. The topological polar surface area (TPSA) is 33.7 Å². The van der Waals surface area contributed by atoms with Gasteiger partial charge in [-0.15, -0.1) is 0 Å². The van der Waals surface area contributed by atoms with Crippen LogP contribution in [0.15, 0.2) is 18.2 Å². The van der Waals surface area contributed by atoms with Gasteiger partial charge in [-0.05, 0) is 64.0 Å².